The maximum atomic E-state index is 11.7. The van der Waals surface area contributed by atoms with Gasteiger partial charge in [-0.15, -0.1) is 0 Å². The molecule has 0 aromatic heterocycles. The maximum absolute atomic E-state index is 11.7. The second-order valence-corrected chi connectivity index (χ2v) is 5.73. The molecule has 2 heterocycles. The molecule has 7 atom stereocenters. The molecule has 0 aromatic rings. The molecule has 0 bridgehead atoms. The fourth-order valence-electron chi connectivity index (χ4n) is 1.95. The number of nitrogens with zero attached hydrogens (tertiary/aromatic N) is 1. The van der Waals surface area contributed by atoms with Crippen LogP contribution < -0.4 is 5.32 Å². The fourth-order valence-corrected chi connectivity index (χ4v) is 2.57. The Balaban J connectivity index is 1.93. The van der Waals surface area contributed by atoms with Gasteiger partial charge in [0.1, 0.15) is 24.5 Å². The van der Waals surface area contributed by atoms with E-state index in [0.29, 0.717) is 0 Å². The molecule has 120 valence electrons. The second-order valence-electron chi connectivity index (χ2n) is 4.28. The third-order valence-corrected chi connectivity index (χ3v) is 3.92. The number of carbonyl (C=O) groups is 1. The molecule has 0 aliphatic carbocycles. The lowest BCUT2D eigenvalue weighted by Gasteiger charge is -2.31. The van der Waals surface area contributed by atoms with E-state index in [1.807, 2.05) is 0 Å². The number of carbonyl (C=O) groups excluding carboxylic acids is 1. The summed E-state index contributed by atoms with van der Waals surface area (Å²) in [5, 5.41) is 31.3. The molecule has 0 aromatic carbocycles. The van der Waals surface area contributed by atoms with Crippen LogP contribution in [0.15, 0.2) is 12.3 Å². The number of hydrogen-bond donors (Lipinski definition) is 5. The van der Waals surface area contributed by atoms with Gasteiger partial charge in [-0.1, -0.05) is 0 Å². The molecule has 0 radical (unpaired) electrons. The first kappa shape index (κ1) is 17.0. The third-order valence-electron chi connectivity index (χ3n) is 2.94. The van der Waals surface area contributed by atoms with Crippen LogP contribution in [-0.4, -0.2) is 68.5 Å². The molecule has 0 saturated carbocycles. The first-order chi connectivity index (χ1) is 10.0. The Hall–Kier alpha value is -0.410. The lowest BCUT2D eigenvalue weighted by Crippen LogP contribution is -2.53. The second kappa shape index (κ2) is 7.73. The summed E-state index contributed by atoms with van der Waals surface area (Å²) in [5.41, 5.74) is 0. The zero-order valence-corrected chi connectivity index (χ0v) is 12.6. The van der Waals surface area contributed by atoms with E-state index >= 15 is 0 Å². The number of nitrogens with one attached hydrogen (secondary N) is 1. The molecule has 2 aliphatic heterocycles. The number of hydrogen-bond acceptors (Lipinski definition) is 8. The lowest BCUT2D eigenvalue weighted by molar-refractivity contribution is -0.0645. The molecular formula is C9H16N2O8P2. The number of rotatable bonds is 6. The highest BCUT2D eigenvalue weighted by Crippen LogP contribution is 2.29. The van der Waals surface area contributed by atoms with Crippen molar-refractivity contribution in [3.05, 3.63) is 12.3 Å². The Morgan fingerprint density at radius 3 is 2.81 bits per heavy atom. The fraction of sp³-hybridized carbons (Fsp3) is 0.667. The monoisotopic (exact) mass is 342 g/mol. The Morgan fingerprint density at radius 2 is 2.14 bits per heavy atom. The average molecular weight is 342 g/mol. The smallest absolute Gasteiger partial charge is 0.325 e. The van der Waals surface area contributed by atoms with E-state index in [-0.39, 0.29) is 6.61 Å². The van der Waals surface area contributed by atoms with Crippen molar-refractivity contribution in [2.75, 3.05) is 6.61 Å². The third kappa shape index (κ3) is 4.07. The minimum Gasteiger partial charge on any atom is -0.387 e. The van der Waals surface area contributed by atoms with Gasteiger partial charge in [0.15, 0.2) is 24.3 Å². The van der Waals surface area contributed by atoms with E-state index in [2.05, 4.69) is 9.63 Å². The molecule has 10 nitrogen and oxygen atoms in total. The normalized spacial score (nSPS) is 37.2. The molecule has 2 amide bonds. The van der Waals surface area contributed by atoms with Crippen molar-refractivity contribution in [1.82, 2.24) is 10.2 Å². The Labute approximate surface area is 123 Å². The molecule has 1 fully saturated rings. The molecule has 0 spiro atoms. The van der Waals surface area contributed by atoms with E-state index in [9.17, 15) is 20.1 Å². The summed E-state index contributed by atoms with van der Waals surface area (Å²) >= 11 is 0. The Bertz CT molecular complexity index is 400. The van der Waals surface area contributed by atoms with Crippen molar-refractivity contribution in [3.8, 4) is 0 Å². The van der Waals surface area contributed by atoms with Gasteiger partial charge in [-0.25, -0.2) is 4.79 Å². The summed E-state index contributed by atoms with van der Waals surface area (Å²) in [6.45, 7) is -0.0700. The van der Waals surface area contributed by atoms with Crippen LogP contribution in [0.3, 0.4) is 0 Å². The predicted molar refractivity (Wildman–Crippen MR) is 72.1 cm³/mol. The van der Waals surface area contributed by atoms with Crippen LogP contribution in [0.1, 0.15) is 0 Å². The number of urea groups is 1. The summed E-state index contributed by atoms with van der Waals surface area (Å²) in [4.78, 5) is 21.2. The van der Waals surface area contributed by atoms with Gasteiger partial charge in [0.2, 0.25) is 0 Å². The van der Waals surface area contributed by atoms with Gasteiger partial charge in [0, 0.05) is 6.20 Å². The van der Waals surface area contributed by atoms with Gasteiger partial charge >= 0.3 is 6.03 Å². The van der Waals surface area contributed by atoms with Gasteiger partial charge in [0.05, 0.1) is 6.61 Å². The van der Waals surface area contributed by atoms with Crippen molar-refractivity contribution in [2.45, 2.75) is 30.8 Å². The molecule has 21 heavy (non-hydrogen) atoms. The highest BCUT2D eigenvalue weighted by molar-refractivity contribution is 7.40. The van der Waals surface area contributed by atoms with Crippen LogP contribution in [-0.2, 0) is 13.6 Å². The molecular weight excluding hydrogens is 326 g/mol. The Morgan fingerprint density at radius 1 is 1.38 bits per heavy atom. The highest BCUT2D eigenvalue weighted by Gasteiger charge is 2.47. The molecule has 2 aliphatic rings. The largest absolute Gasteiger partial charge is 0.387 e. The minimum atomic E-state index is -1.33. The van der Waals surface area contributed by atoms with Gasteiger partial charge in [-0.3, -0.25) is 9.21 Å². The van der Waals surface area contributed by atoms with Crippen molar-refractivity contribution in [3.63, 3.8) is 0 Å². The number of aliphatic hydroxyl groups excluding tert-OH is 3. The van der Waals surface area contributed by atoms with E-state index in [1.165, 1.54) is 12.3 Å². The zero-order valence-electron chi connectivity index (χ0n) is 10.6. The summed E-state index contributed by atoms with van der Waals surface area (Å²) in [6, 6.07) is -0.658. The first-order valence-electron chi connectivity index (χ1n) is 5.93. The predicted octanol–water partition coefficient (Wildman–Crippen LogP) is -1.67. The SMILES string of the molecule is O=C1N[C@@H](O)C=CN1C1OC(COPOPO)[C@@H](O)[C@H]1O. The molecule has 2 rings (SSSR count). The van der Waals surface area contributed by atoms with Crippen LogP contribution in [0, 0.1) is 0 Å². The van der Waals surface area contributed by atoms with Crippen molar-refractivity contribution < 1.29 is 38.6 Å². The number of amides is 2. The van der Waals surface area contributed by atoms with Crippen LogP contribution in [0.5, 0.6) is 0 Å². The quantitative estimate of drug-likeness (QED) is 0.285. The number of ether oxygens (including phenoxy) is 1. The Kier molecular flexibility index (Phi) is 6.24. The van der Waals surface area contributed by atoms with Gasteiger partial charge < -0.3 is 34.8 Å². The summed E-state index contributed by atoms with van der Waals surface area (Å²) < 4.78 is 15.0. The van der Waals surface area contributed by atoms with Gasteiger partial charge in [-0.05, 0) is 6.08 Å². The van der Waals surface area contributed by atoms with Crippen LogP contribution in [0.25, 0.3) is 0 Å². The van der Waals surface area contributed by atoms with E-state index in [4.69, 9.17) is 14.2 Å². The van der Waals surface area contributed by atoms with Crippen LogP contribution in [0.4, 0.5) is 4.79 Å². The van der Waals surface area contributed by atoms with Crippen molar-refractivity contribution >= 4 is 24.1 Å². The van der Waals surface area contributed by atoms with Crippen molar-refractivity contribution in [1.29, 1.82) is 0 Å². The summed E-state index contributed by atoms with van der Waals surface area (Å²) in [6.07, 6.45) is -3.06. The van der Waals surface area contributed by atoms with E-state index in [0.717, 1.165) is 4.90 Å². The topological polar surface area (TPSA) is 141 Å². The first-order valence-corrected chi connectivity index (χ1v) is 7.60. The van der Waals surface area contributed by atoms with Gasteiger partial charge in [-0.2, -0.15) is 0 Å². The van der Waals surface area contributed by atoms with Crippen molar-refractivity contribution in [2.24, 2.45) is 0 Å². The molecule has 12 heteroatoms. The summed E-state index contributed by atoms with van der Waals surface area (Å²) in [7, 11) is -1.12. The average Bonchev–Trinajstić information content (AvgIpc) is 2.72. The zero-order chi connectivity index (χ0) is 15.4. The minimum absolute atomic E-state index is 0.0700. The summed E-state index contributed by atoms with van der Waals surface area (Å²) in [5.74, 6) is 0. The van der Waals surface area contributed by atoms with Crippen LogP contribution in [0.2, 0.25) is 0 Å². The van der Waals surface area contributed by atoms with Gasteiger partial charge in [0.25, 0.3) is 0 Å². The highest BCUT2D eigenvalue weighted by atomic mass is 31.2. The van der Waals surface area contributed by atoms with E-state index in [1.54, 1.807) is 0 Å². The maximum Gasteiger partial charge on any atom is 0.325 e. The lowest BCUT2D eigenvalue weighted by atomic mass is 10.1. The molecule has 4 unspecified atom stereocenters. The van der Waals surface area contributed by atoms with E-state index < -0.39 is 54.9 Å². The molecule has 5 N–H and O–H groups in total. The van der Waals surface area contributed by atoms with Crippen LogP contribution >= 0.6 is 18.1 Å². The molecule has 1 saturated heterocycles. The standard InChI is InChI=1S/C9H16N2O8P2/c12-5-1-2-11(9(15)10-5)8-7(14)6(13)4(18-8)3-17-21-19-20-16/h1-2,4-8,12-14,16,20-21H,3H2,(H,10,15)/t4?,5-,6+,7+,8?/m0/s1. The number of aliphatic hydroxyl groups is 3.